The van der Waals surface area contributed by atoms with E-state index in [1.165, 1.54) is 17.5 Å². The van der Waals surface area contributed by atoms with Gasteiger partial charge < -0.3 is 5.32 Å². The van der Waals surface area contributed by atoms with Crippen LogP contribution in [0.15, 0.2) is 24.3 Å². The Labute approximate surface area is 93.9 Å². The molecular weight excluding hydrogens is 182 g/mol. The number of hydrogen-bond acceptors (Lipinski definition) is 1. The quantitative estimate of drug-likeness (QED) is 0.746. The molecule has 1 N–H and O–H groups in total. The van der Waals surface area contributed by atoms with E-state index in [4.69, 9.17) is 0 Å². The van der Waals surface area contributed by atoms with Gasteiger partial charge in [-0.05, 0) is 36.9 Å². The summed E-state index contributed by atoms with van der Waals surface area (Å²) in [5.41, 5.74) is 2.96. The molecule has 0 aliphatic carbocycles. The van der Waals surface area contributed by atoms with Crippen LogP contribution in [0.3, 0.4) is 0 Å². The lowest BCUT2D eigenvalue weighted by Gasteiger charge is -2.20. The van der Waals surface area contributed by atoms with Gasteiger partial charge in [-0.2, -0.15) is 0 Å². The molecule has 0 radical (unpaired) electrons. The Morgan fingerprint density at radius 3 is 2.47 bits per heavy atom. The van der Waals surface area contributed by atoms with Crippen molar-refractivity contribution in [3.63, 3.8) is 0 Å². The first kappa shape index (κ1) is 12.3. The van der Waals surface area contributed by atoms with E-state index in [9.17, 15) is 0 Å². The minimum atomic E-state index is 0.529. The molecule has 1 atom stereocenters. The van der Waals surface area contributed by atoms with Crippen molar-refractivity contribution in [1.29, 1.82) is 0 Å². The van der Waals surface area contributed by atoms with Crippen molar-refractivity contribution in [3.8, 4) is 0 Å². The predicted molar refractivity (Wildman–Crippen MR) is 67.1 cm³/mol. The molecule has 15 heavy (non-hydrogen) atoms. The average Bonchev–Trinajstić information content (AvgIpc) is 2.30. The maximum atomic E-state index is 3.61. The van der Waals surface area contributed by atoms with E-state index in [-0.39, 0.29) is 0 Å². The third-order valence-corrected chi connectivity index (χ3v) is 2.86. The van der Waals surface area contributed by atoms with Crippen LogP contribution in [0.5, 0.6) is 0 Å². The van der Waals surface area contributed by atoms with Crippen LogP contribution in [-0.4, -0.2) is 6.54 Å². The topological polar surface area (TPSA) is 12.0 Å². The number of benzene rings is 1. The van der Waals surface area contributed by atoms with Gasteiger partial charge in [-0.3, -0.25) is 0 Å². The second-order valence-corrected chi connectivity index (χ2v) is 3.97. The molecule has 0 bridgehead atoms. The molecule has 1 heteroatoms. The van der Waals surface area contributed by atoms with Crippen molar-refractivity contribution in [3.05, 3.63) is 35.4 Å². The number of aryl methyl sites for hydroxylation is 1. The molecule has 0 heterocycles. The normalized spacial score (nSPS) is 12.7. The smallest absolute Gasteiger partial charge is 0.0320 e. The largest absolute Gasteiger partial charge is 0.310 e. The summed E-state index contributed by atoms with van der Waals surface area (Å²) < 4.78 is 0. The fourth-order valence-corrected chi connectivity index (χ4v) is 1.99. The summed E-state index contributed by atoms with van der Waals surface area (Å²) >= 11 is 0. The Hall–Kier alpha value is -0.820. The molecule has 0 amide bonds. The molecule has 1 aromatic carbocycles. The van der Waals surface area contributed by atoms with E-state index in [0.717, 1.165) is 19.4 Å². The molecule has 1 rings (SSSR count). The standard InChI is InChI=1S/C14H23N/c1-4-11-15-14(6-3)13-10-8-7-9-12(13)5-2/h7-10,14-15H,4-6,11H2,1-3H3. The number of hydrogen-bond donors (Lipinski definition) is 1. The summed E-state index contributed by atoms with van der Waals surface area (Å²) in [6.45, 7) is 7.80. The molecule has 1 nitrogen and oxygen atoms in total. The summed E-state index contributed by atoms with van der Waals surface area (Å²) in [7, 11) is 0. The Morgan fingerprint density at radius 1 is 1.13 bits per heavy atom. The lowest BCUT2D eigenvalue weighted by molar-refractivity contribution is 0.515. The summed E-state index contributed by atoms with van der Waals surface area (Å²) in [6, 6.07) is 9.31. The van der Waals surface area contributed by atoms with Gasteiger partial charge in [0.1, 0.15) is 0 Å². The van der Waals surface area contributed by atoms with Gasteiger partial charge in [0.25, 0.3) is 0 Å². The first-order valence-electron chi connectivity index (χ1n) is 6.14. The lowest BCUT2D eigenvalue weighted by atomic mass is 9.97. The Morgan fingerprint density at radius 2 is 1.87 bits per heavy atom. The average molecular weight is 205 g/mol. The molecule has 0 aliphatic heterocycles. The van der Waals surface area contributed by atoms with Gasteiger partial charge in [0.2, 0.25) is 0 Å². The van der Waals surface area contributed by atoms with Crippen molar-refractivity contribution in [2.75, 3.05) is 6.54 Å². The van der Waals surface area contributed by atoms with E-state index in [2.05, 4.69) is 50.4 Å². The van der Waals surface area contributed by atoms with Crippen LogP contribution in [0.2, 0.25) is 0 Å². The van der Waals surface area contributed by atoms with Crippen molar-refractivity contribution in [2.45, 2.75) is 46.1 Å². The molecule has 0 saturated carbocycles. The zero-order valence-electron chi connectivity index (χ0n) is 10.2. The van der Waals surface area contributed by atoms with Crippen molar-refractivity contribution < 1.29 is 0 Å². The number of nitrogens with one attached hydrogen (secondary N) is 1. The van der Waals surface area contributed by atoms with Crippen LogP contribution in [0, 0.1) is 0 Å². The molecule has 0 spiro atoms. The van der Waals surface area contributed by atoms with Crippen LogP contribution in [0.1, 0.15) is 50.8 Å². The summed E-state index contributed by atoms with van der Waals surface area (Å²) in [4.78, 5) is 0. The minimum Gasteiger partial charge on any atom is -0.310 e. The second-order valence-electron chi connectivity index (χ2n) is 3.97. The third kappa shape index (κ3) is 3.35. The van der Waals surface area contributed by atoms with E-state index in [0.29, 0.717) is 6.04 Å². The SMILES string of the molecule is CCCNC(CC)c1ccccc1CC. The summed E-state index contributed by atoms with van der Waals surface area (Å²) in [6.07, 6.45) is 3.49. The first-order valence-corrected chi connectivity index (χ1v) is 6.14. The maximum absolute atomic E-state index is 3.61. The highest BCUT2D eigenvalue weighted by molar-refractivity contribution is 5.29. The summed E-state index contributed by atoms with van der Waals surface area (Å²) in [5, 5.41) is 3.61. The second kappa shape index (κ2) is 6.62. The van der Waals surface area contributed by atoms with Gasteiger partial charge >= 0.3 is 0 Å². The zero-order valence-corrected chi connectivity index (χ0v) is 10.2. The molecule has 1 aromatic rings. The molecule has 0 aliphatic rings. The van der Waals surface area contributed by atoms with Crippen LogP contribution >= 0.6 is 0 Å². The molecule has 0 aromatic heterocycles. The highest BCUT2D eigenvalue weighted by Crippen LogP contribution is 2.21. The molecule has 0 saturated heterocycles. The fraction of sp³-hybridized carbons (Fsp3) is 0.571. The first-order chi connectivity index (χ1) is 7.33. The van der Waals surface area contributed by atoms with E-state index < -0.39 is 0 Å². The lowest BCUT2D eigenvalue weighted by Crippen LogP contribution is -2.22. The predicted octanol–water partition coefficient (Wildman–Crippen LogP) is 3.70. The molecule has 0 fully saturated rings. The van der Waals surface area contributed by atoms with Gasteiger partial charge in [0.15, 0.2) is 0 Å². The van der Waals surface area contributed by atoms with E-state index in [1.54, 1.807) is 0 Å². The number of rotatable bonds is 6. The van der Waals surface area contributed by atoms with Crippen LogP contribution in [-0.2, 0) is 6.42 Å². The fourth-order valence-electron chi connectivity index (χ4n) is 1.99. The zero-order chi connectivity index (χ0) is 11.1. The van der Waals surface area contributed by atoms with Crippen LogP contribution in [0.4, 0.5) is 0 Å². The van der Waals surface area contributed by atoms with Gasteiger partial charge in [0, 0.05) is 6.04 Å². The van der Waals surface area contributed by atoms with E-state index >= 15 is 0 Å². The van der Waals surface area contributed by atoms with Gasteiger partial charge in [-0.1, -0.05) is 45.0 Å². The van der Waals surface area contributed by atoms with Crippen LogP contribution < -0.4 is 5.32 Å². The van der Waals surface area contributed by atoms with Crippen molar-refractivity contribution in [2.24, 2.45) is 0 Å². The highest BCUT2D eigenvalue weighted by atomic mass is 14.9. The summed E-state index contributed by atoms with van der Waals surface area (Å²) in [5.74, 6) is 0. The van der Waals surface area contributed by atoms with E-state index in [1.807, 2.05) is 0 Å². The van der Waals surface area contributed by atoms with Gasteiger partial charge in [0.05, 0.1) is 0 Å². The molecular formula is C14H23N. The van der Waals surface area contributed by atoms with Gasteiger partial charge in [-0.25, -0.2) is 0 Å². The minimum absolute atomic E-state index is 0.529. The highest BCUT2D eigenvalue weighted by Gasteiger charge is 2.10. The van der Waals surface area contributed by atoms with Crippen LogP contribution in [0.25, 0.3) is 0 Å². The third-order valence-electron chi connectivity index (χ3n) is 2.86. The van der Waals surface area contributed by atoms with Gasteiger partial charge in [-0.15, -0.1) is 0 Å². The maximum Gasteiger partial charge on any atom is 0.0320 e. The monoisotopic (exact) mass is 205 g/mol. The molecule has 84 valence electrons. The Balaban J connectivity index is 2.80. The van der Waals surface area contributed by atoms with Crippen molar-refractivity contribution >= 4 is 0 Å². The molecule has 1 unspecified atom stereocenters. The van der Waals surface area contributed by atoms with Crippen molar-refractivity contribution in [1.82, 2.24) is 5.32 Å². The Kier molecular flexibility index (Phi) is 5.41. The Bertz CT molecular complexity index is 280.